The van der Waals surface area contributed by atoms with Gasteiger partial charge in [-0.05, 0) is 80.0 Å². The Morgan fingerprint density at radius 1 is 0.667 bits per heavy atom. The monoisotopic (exact) mass is 246 g/mol. The quantitative estimate of drug-likeness (QED) is 0.535. The third-order valence-electron chi connectivity index (χ3n) is 7.66. The molecule has 0 heteroatoms. The van der Waals surface area contributed by atoms with Crippen molar-refractivity contribution >= 4 is 0 Å². The zero-order valence-corrected chi connectivity index (χ0v) is 12.2. The van der Waals surface area contributed by atoms with E-state index in [4.69, 9.17) is 0 Å². The number of hydrogen-bond acceptors (Lipinski definition) is 0. The van der Waals surface area contributed by atoms with Gasteiger partial charge in [0.05, 0.1) is 0 Å². The highest BCUT2D eigenvalue weighted by Gasteiger charge is 2.52. The molecule has 0 spiro atoms. The van der Waals surface area contributed by atoms with E-state index in [1.807, 2.05) is 0 Å². The Morgan fingerprint density at radius 2 is 1.56 bits per heavy atom. The summed E-state index contributed by atoms with van der Waals surface area (Å²) in [5, 5.41) is 0. The minimum Gasteiger partial charge on any atom is -0.0594 e. The third kappa shape index (κ3) is 1.63. The van der Waals surface area contributed by atoms with Crippen molar-refractivity contribution in [2.75, 3.05) is 0 Å². The summed E-state index contributed by atoms with van der Waals surface area (Å²) >= 11 is 0. The third-order valence-corrected chi connectivity index (χ3v) is 7.66. The zero-order valence-electron chi connectivity index (χ0n) is 12.2. The van der Waals surface area contributed by atoms with Gasteiger partial charge in [-0.3, -0.25) is 0 Å². The van der Waals surface area contributed by atoms with Gasteiger partial charge in [0.15, 0.2) is 0 Å². The van der Waals surface area contributed by atoms with Crippen LogP contribution < -0.4 is 0 Å². The Labute approximate surface area is 113 Å². The molecular formula is C18H30. The van der Waals surface area contributed by atoms with E-state index in [0.717, 1.165) is 35.0 Å². The van der Waals surface area contributed by atoms with Gasteiger partial charge in [-0.2, -0.15) is 0 Å². The van der Waals surface area contributed by atoms with Gasteiger partial charge >= 0.3 is 0 Å². The van der Waals surface area contributed by atoms with Gasteiger partial charge in [0.2, 0.25) is 0 Å². The molecule has 4 rings (SSSR count). The van der Waals surface area contributed by atoms with Crippen LogP contribution in [-0.4, -0.2) is 0 Å². The molecule has 0 saturated heterocycles. The van der Waals surface area contributed by atoms with E-state index in [0.29, 0.717) is 0 Å². The van der Waals surface area contributed by atoms with Crippen LogP contribution in [-0.2, 0) is 0 Å². The van der Waals surface area contributed by atoms with Gasteiger partial charge in [-0.15, -0.1) is 0 Å². The summed E-state index contributed by atoms with van der Waals surface area (Å²) in [6.45, 7) is 2.63. The molecule has 0 amide bonds. The molecule has 0 radical (unpaired) electrons. The molecule has 0 aromatic heterocycles. The van der Waals surface area contributed by atoms with Crippen molar-refractivity contribution in [3.8, 4) is 0 Å². The van der Waals surface area contributed by atoms with Crippen molar-refractivity contribution in [3.05, 3.63) is 0 Å². The summed E-state index contributed by atoms with van der Waals surface area (Å²) < 4.78 is 0. The largest absolute Gasteiger partial charge is 0.0594 e. The minimum absolute atomic E-state index is 0.767. The summed E-state index contributed by atoms with van der Waals surface area (Å²) in [6, 6.07) is 0. The highest BCUT2D eigenvalue weighted by atomic mass is 14.6. The summed E-state index contributed by atoms with van der Waals surface area (Å²) in [5.74, 6) is 5.72. The van der Waals surface area contributed by atoms with Crippen molar-refractivity contribution in [1.29, 1.82) is 0 Å². The second kappa shape index (κ2) is 4.25. The number of rotatable bonds is 0. The maximum atomic E-state index is 2.63. The molecule has 0 N–H and O–H groups in total. The summed E-state index contributed by atoms with van der Waals surface area (Å²) in [5.41, 5.74) is 0.767. The van der Waals surface area contributed by atoms with E-state index in [2.05, 4.69) is 6.92 Å². The van der Waals surface area contributed by atoms with Crippen molar-refractivity contribution in [3.63, 3.8) is 0 Å². The maximum Gasteiger partial charge on any atom is -0.0295 e. The van der Waals surface area contributed by atoms with Gasteiger partial charge in [-0.25, -0.2) is 0 Å². The summed E-state index contributed by atoms with van der Waals surface area (Å²) in [6.07, 6.45) is 17.3. The van der Waals surface area contributed by atoms with Gasteiger partial charge in [0.25, 0.3) is 0 Å². The van der Waals surface area contributed by atoms with Crippen LogP contribution in [0.15, 0.2) is 0 Å². The van der Waals surface area contributed by atoms with E-state index in [1.54, 1.807) is 70.6 Å². The fourth-order valence-corrected chi connectivity index (χ4v) is 6.82. The first kappa shape index (κ1) is 11.8. The predicted octanol–water partition coefficient (Wildman–Crippen LogP) is 5.42. The smallest absolute Gasteiger partial charge is 0.0295 e. The van der Waals surface area contributed by atoms with Crippen LogP contribution in [0.1, 0.15) is 77.6 Å². The van der Waals surface area contributed by atoms with Crippen molar-refractivity contribution in [1.82, 2.24) is 0 Å². The number of fused-ring (bicyclic) bond motifs is 5. The maximum absolute atomic E-state index is 2.63. The average molecular weight is 246 g/mol. The predicted molar refractivity (Wildman–Crippen MR) is 76.3 cm³/mol. The summed E-state index contributed by atoms with van der Waals surface area (Å²) in [7, 11) is 0. The first-order valence-corrected chi connectivity index (χ1v) is 8.78. The van der Waals surface area contributed by atoms with E-state index in [9.17, 15) is 0 Å². The lowest BCUT2D eigenvalue weighted by Crippen LogP contribution is -2.46. The van der Waals surface area contributed by atoms with Crippen molar-refractivity contribution in [2.45, 2.75) is 77.6 Å². The Kier molecular flexibility index (Phi) is 2.79. The topological polar surface area (TPSA) is 0 Å². The molecule has 0 aromatic rings. The summed E-state index contributed by atoms with van der Waals surface area (Å²) in [4.78, 5) is 0. The average Bonchev–Trinajstić information content (AvgIpc) is 2.80. The molecule has 4 fully saturated rings. The van der Waals surface area contributed by atoms with Crippen molar-refractivity contribution < 1.29 is 0 Å². The fourth-order valence-electron chi connectivity index (χ4n) is 6.82. The minimum atomic E-state index is 0.767. The second-order valence-corrected chi connectivity index (χ2v) is 8.30. The SMILES string of the molecule is C[C@@]12CCC[C@@H]1[C@@H]1CCC3CCCC[C@@H]3[C@H]1CC2. The first-order chi connectivity index (χ1) is 8.78. The standard InChI is InChI=1S/C18H30/c1-18-11-4-7-17(18)16-9-8-13-5-2-3-6-14(13)15(16)10-12-18/h13-17H,2-12H2,1H3/t13?,14-,15+,16+,17+,18-/m0/s1. The second-order valence-electron chi connectivity index (χ2n) is 8.30. The normalized spacial score (nSPS) is 55.5. The van der Waals surface area contributed by atoms with Crippen LogP contribution in [0, 0.1) is 35.0 Å². The van der Waals surface area contributed by atoms with Gasteiger partial charge < -0.3 is 0 Å². The van der Waals surface area contributed by atoms with E-state index >= 15 is 0 Å². The van der Waals surface area contributed by atoms with Crippen LogP contribution in [0.3, 0.4) is 0 Å². The number of hydrogen-bond donors (Lipinski definition) is 0. The fraction of sp³-hybridized carbons (Fsp3) is 1.00. The lowest BCUT2D eigenvalue weighted by Gasteiger charge is -2.54. The Hall–Kier alpha value is 0. The van der Waals surface area contributed by atoms with Crippen LogP contribution in [0.2, 0.25) is 0 Å². The molecule has 0 aromatic carbocycles. The van der Waals surface area contributed by atoms with Crippen LogP contribution >= 0.6 is 0 Å². The molecule has 0 heterocycles. The molecule has 6 atom stereocenters. The molecule has 102 valence electrons. The molecule has 18 heavy (non-hydrogen) atoms. The molecule has 0 aliphatic heterocycles. The molecule has 1 unspecified atom stereocenters. The van der Waals surface area contributed by atoms with Crippen LogP contribution in [0.5, 0.6) is 0 Å². The Morgan fingerprint density at radius 3 is 2.50 bits per heavy atom. The van der Waals surface area contributed by atoms with Gasteiger partial charge in [0, 0.05) is 0 Å². The lowest BCUT2D eigenvalue weighted by molar-refractivity contribution is -0.0492. The lowest BCUT2D eigenvalue weighted by atomic mass is 9.51. The Bertz CT molecular complexity index is 320. The highest BCUT2D eigenvalue weighted by Crippen LogP contribution is 2.62. The highest BCUT2D eigenvalue weighted by molar-refractivity contribution is 5.02. The molecular weight excluding hydrogens is 216 g/mol. The molecule has 0 nitrogen and oxygen atoms in total. The molecule has 0 bridgehead atoms. The molecule has 4 saturated carbocycles. The van der Waals surface area contributed by atoms with Crippen molar-refractivity contribution in [2.24, 2.45) is 35.0 Å². The van der Waals surface area contributed by atoms with Gasteiger partial charge in [-0.1, -0.05) is 32.6 Å². The van der Waals surface area contributed by atoms with E-state index in [1.165, 1.54) is 0 Å². The zero-order chi connectivity index (χ0) is 12.2. The van der Waals surface area contributed by atoms with E-state index < -0.39 is 0 Å². The Balaban J connectivity index is 1.59. The van der Waals surface area contributed by atoms with Gasteiger partial charge in [0.1, 0.15) is 0 Å². The van der Waals surface area contributed by atoms with Crippen LogP contribution in [0.25, 0.3) is 0 Å². The molecule has 4 aliphatic rings. The molecule has 4 aliphatic carbocycles. The first-order valence-electron chi connectivity index (χ1n) is 8.78. The van der Waals surface area contributed by atoms with Crippen LogP contribution in [0.4, 0.5) is 0 Å². The van der Waals surface area contributed by atoms with E-state index in [-0.39, 0.29) is 0 Å².